The SMILES string of the molecule is C#CCN(CCC)c1ccc(C#N)c(Cl)c1. The van der Waals surface area contributed by atoms with Gasteiger partial charge >= 0.3 is 0 Å². The van der Waals surface area contributed by atoms with E-state index in [1.54, 1.807) is 12.1 Å². The molecule has 0 spiro atoms. The van der Waals surface area contributed by atoms with Crippen LogP contribution in [-0.4, -0.2) is 13.1 Å². The molecule has 2 nitrogen and oxygen atoms in total. The van der Waals surface area contributed by atoms with Crippen LogP contribution in [0.15, 0.2) is 18.2 Å². The van der Waals surface area contributed by atoms with Gasteiger partial charge in [0, 0.05) is 12.2 Å². The Balaban J connectivity index is 2.98. The van der Waals surface area contributed by atoms with Gasteiger partial charge in [0.1, 0.15) is 6.07 Å². The van der Waals surface area contributed by atoms with Crippen LogP contribution in [0.2, 0.25) is 5.02 Å². The number of terminal acetylenes is 1. The fraction of sp³-hybridized carbons (Fsp3) is 0.308. The highest BCUT2D eigenvalue weighted by Crippen LogP contribution is 2.23. The fourth-order valence-electron chi connectivity index (χ4n) is 1.47. The molecule has 82 valence electrons. The molecule has 0 N–H and O–H groups in total. The highest BCUT2D eigenvalue weighted by Gasteiger charge is 2.06. The van der Waals surface area contributed by atoms with Gasteiger partial charge in [-0.25, -0.2) is 0 Å². The van der Waals surface area contributed by atoms with Gasteiger partial charge in [-0.1, -0.05) is 24.4 Å². The zero-order chi connectivity index (χ0) is 12.0. The molecule has 1 rings (SSSR count). The summed E-state index contributed by atoms with van der Waals surface area (Å²) in [4.78, 5) is 2.06. The van der Waals surface area contributed by atoms with E-state index < -0.39 is 0 Å². The molecule has 0 saturated carbocycles. The van der Waals surface area contributed by atoms with Crippen molar-refractivity contribution in [3.8, 4) is 18.4 Å². The summed E-state index contributed by atoms with van der Waals surface area (Å²) in [6, 6.07) is 7.41. The van der Waals surface area contributed by atoms with Crippen molar-refractivity contribution >= 4 is 17.3 Å². The maximum absolute atomic E-state index is 8.77. The van der Waals surface area contributed by atoms with Crippen LogP contribution in [0, 0.1) is 23.7 Å². The number of anilines is 1. The molecule has 0 heterocycles. The predicted octanol–water partition coefficient (Wildman–Crippen LogP) is 3.06. The molecular weight excluding hydrogens is 220 g/mol. The van der Waals surface area contributed by atoms with Crippen LogP contribution in [0.4, 0.5) is 5.69 Å². The number of halogens is 1. The van der Waals surface area contributed by atoms with Gasteiger partial charge in [-0.3, -0.25) is 0 Å². The van der Waals surface area contributed by atoms with Crippen molar-refractivity contribution < 1.29 is 0 Å². The van der Waals surface area contributed by atoms with Gasteiger partial charge in [-0.2, -0.15) is 5.26 Å². The molecule has 0 saturated heterocycles. The molecule has 0 radical (unpaired) electrons. The Morgan fingerprint density at radius 2 is 2.25 bits per heavy atom. The van der Waals surface area contributed by atoms with Crippen molar-refractivity contribution in [2.24, 2.45) is 0 Å². The smallest absolute Gasteiger partial charge is 0.101 e. The molecule has 0 aliphatic rings. The van der Waals surface area contributed by atoms with Crippen LogP contribution in [0.3, 0.4) is 0 Å². The molecule has 0 unspecified atom stereocenters. The third-order valence-electron chi connectivity index (χ3n) is 2.21. The zero-order valence-electron chi connectivity index (χ0n) is 9.20. The summed E-state index contributed by atoms with van der Waals surface area (Å²) in [5.41, 5.74) is 1.45. The highest BCUT2D eigenvalue weighted by molar-refractivity contribution is 6.32. The van der Waals surface area contributed by atoms with Crippen molar-refractivity contribution in [2.75, 3.05) is 18.0 Å². The molecule has 3 heteroatoms. The van der Waals surface area contributed by atoms with Crippen molar-refractivity contribution in [2.45, 2.75) is 13.3 Å². The second kappa shape index (κ2) is 6.05. The molecule has 0 atom stereocenters. The first kappa shape index (κ1) is 12.4. The Morgan fingerprint density at radius 1 is 1.50 bits per heavy atom. The minimum Gasteiger partial charge on any atom is -0.360 e. The quantitative estimate of drug-likeness (QED) is 0.746. The molecular formula is C13H13ClN2. The van der Waals surface area contributed by atoms with E-state index in [0.29, 0.717) is 17.1 Å². The van der Waals surface area contributed by atoms with Crippen molar-refractivity contribution in [3.63, 3.8) is 0 Å². The third kappa shape index (κ3) is 2.92. The number of hydrogen-bond donors (Lipinski definition) is 0. The Kier molecular flexibility index (Phi) is 4.70. The largest absolute Gasteiger partial charge is 0.360 e. The summed E-state index contributed by atoms with van der Waals surface area (Å²) in [7, 11) is 0. The average molecular weight is 233 g/mol. The van der Waals surface area contributed by atoms with Crippen molar-refractivity contribution in [3.05, 3.63) is 28.8 Å². The minimum atomic E-state index is 0.470. The van der Waals surface area contributed by atoms with E-state index >= 15 is 0 Å². The zero-order valence-corrected chi connectivity index (χ0v) is 9.96. The fourth-order valence-corrected chi connectivity index (χ4v) is 1.69. The summed E-state index contributed by atoms with van der Waals surface area (Å²) < 4.78 is 0. The number of rotatable bonds is 4. The summed E-state index contributed by atoms with van der Waals surface area (Å²) >= 11 is 5.97. The first-order valence-corrected chi connectivity index (χ1v) is 5.48. The number of hydrogen-bond acceptors (Lipinski definition) is 2. The van der Waals surface area contributed by atoms with Crippen LogP contribution in [0.25, 0.3) is 0 Å². The molecule has 0 aliphatic heterocycles. The number of nitrogens with zero attached hydrogens (tertiary/aromatic N) is 2. The monoisotopic (exact) mass is 232 g/mol. The normalized spacial score (nSPS) is 9.25. The molecule has 1 aromatic carbocycles. The van der Waals surface area contributed by atoms with Gasteiger partial charge in [0.25, 0.3) is 0 Å². The van der Waals surface area contributed by atoms with Crippen LogP contribution in [0.5, 0.6) is 0 Å². The predicted molar refractivity (Wildman–Crippen MR) is 67.5 cm³/mol. The molecule has 16 heavy (non-hydrogen) atoms. The van der Waals surface area contributed by atoms with E-state index in [2.05, 4.69) is 17.7 Å². The molecule has 0 bridgehead atoms. The summed E-state index contributed by atoms with van der Waals surface area (Å²) in [5, 5.41) is 9.24. The maximum Gasteiger partial charge on any atom is 0.101 e. The molecule has 0 aliphatic carbocycles. The lowest BCUT2D eigenvalue weighted by molar-refractivity contribution is 0.823. The van der Waals surface area contributed by atoms with Gasteiger partial charge in [-0.05, 0) is 24.6 Å². The lowest BCUT2D eigenvalue weighted by Gasteiger charge is -2.21. The van der Waals surface area contributed by atoms with E-state index in [1.807, 2.05) is 12.1 Å². The molecule has 1 aromatic rings. The molecule has 0 aromatic heterocycles. The highest BCUT2D eigenvalue weighted by atomic mass is 35.5. The van der Waals surface area contributed by atoms with Gasteiger partial charge in [0.15, 0.2) is 0 Å². The summed E-state index contributed by atoms with van der Waals surface area (Å²) in [6.07, 6.45) is 6.33. The van der Waals surface area contributed by atoms with Gasteiger partial charge in [0.05, 0.1) is 17.1 Å². The van der Waals surface area contributed by atoms with Crippen LogP contribution in [-0.2, 0) is 0 Å². The Morgan fingerprint density at radius 3 is 2.75 bits per heavy atom. The summed E-state index contributed by atoms with van der Waals surface area (Å²) in [5.74, 6) is 2.62. The molecule has 0 amide bonds. The minimum absolute atomic E-state index is 0.470. The number of benzene rings is 1. The van der Waals surface area contributed by atoms with Crippen molar-refractivity contribution in [1.29, 1.82) is 5.26 Å². The lowest BCUT2D eigenvalue weighted by Crippen LogP contribution is -2.24. The van der Waals surface area contributed by atoms with Crippen LogP contribution >= 0.6 is 11.6 Å². The van der Waals surface area contributed by atoms with Gasteiger partial charge < -0.3 is 4.90 Å². The van der Waals surface area contributed by atoms with Gasteiger partial charge in [0.2, 0.25) is 0 Å². The number of nitriles is 1. The van der Waals surface area contributed by atoms with Crippen LogP contribution in [0.1, 0.15) is 18.9 Å². The first-order valence-electron chi connectivity index (χ1n) is 5.11. The first-order chi connectivity index (χ1) is 7.72. The standard InChI is InChI=1S/C13H13ClN2/c1-3-7-16(8-4-2)12-6-5-11(10-15)13(14)9-12/h1,5-6,9H,4,7-8H2,2H3. The maximum atomic E-state index is 8.77. The topological polar surface area (TPSA) is 27.0 Å². The second-order valence-corrected chi connectivity index (χ2v) is 3.81. The average Bonchev–Trinajstić information content (AvgIpc) is 2.28. The van der Waals surface area contributed by atoms with E-state index in [-0.39, 0.29) is 0 Å². The Labute approximate surface area is 101 Å². The van der Waals surface area contributed by atoms with E-state index in [9.17, 15) is 0 Å². The summed E-state index contributed by atoms with van der Waals surface area (Å²) in [6.45, 7) is 3.53. The van der Waals surface area contributed by atoms with Crippen molar-refractivity contribution in [1.82, 2.24) is 0 Å². The second-order valence-electron chi connectivity index (χ2n) is 3.40. The van der Waals surface area contributed by atoms with Crippen LogP contribution < -0.4 is 4.90 Å². The molecule has 0 fully saturated rings. The van der Waals surface area contributed by atoms with E-state index in [0.717, 1.165) is 18.7 Å². The lowest BCUT2D eigenvalue weighted by atomic mass is 10.2. The van der Waals surface area contributed by atoms with Gasteiger partial charge in [-0.15, -0.1) is 6.42 Å². The van der Waals surface area contributed by atoms with E-state index in [4.69, 9.17) is 23.3 Å². The van der Waals surface area contributed by atoms with E-state index in [1.165, 1.54) is 0 Å². The third-order valence-corrected chi connectivity index (χ3v) is 2.53. The Bertz CT molecular complexity index is 440. The Hall–Kier alpha value is -1.64.